The Hall–Kier alpha value is -1.71. The van der Waals surface area contributed by atoms with Crippen LogP contribution >= 0.6 is 11.8 Å². The quantitative estimate of drug-likeness (QED) is 0.727. The molecule has 2 atom stereocenters. The molecule has 0 aromatic heterocycles. The van der Waals surface area contributed by atoms with Crippen LogP contribution < -0.4 is 5.32 Å². The van der Waals surface area contributed by atoms with Crippen molar-refractivity contribution in [3.63, 3.8) is 0 Å². The van der Waals surface area contributed by atoms with E-state index in [1.54, 1.807) is 0 Å². The highest BCUT2D eigenvalue weighted by atomic mass is 32.2. The molecule has 2 rings (SSSR count). The lowest BCUT2D eigenvalue weighted by Gasteiger charge is -2.19. The van der Waals surface area contributed by atoms with Gasteiger partial charge in [0.2, 0.25) is 0 Å². The maximum atomic E-state index is 12.9. The molecule has 3 nitrogen and oxygen atoms in total. The van der Waals surface area contributed by atoms with Crippen LogP contribution in [-0.2, 0) is 17.1 Å². The second-order valence-corrected chi connectivity index (χ2v) is 7.37. The van der Waals surface area contributed by atoms with Crippen LogP contribution in [0.25, 0.3) is 0 Å². The van der Waals surface area contributed by atoms with Crippen molar-refractivity contribution < 1.29 is 31.1 Å². The number of halogens is 6. The lowest BCUT2D eigenvalue weighted by atomic mass is 10.0. The molecule has 0 bridgehead atoms. The molecule has 1 aromatic carbocycles. The molecular weight excluding hydrogens is 382 g/mol. The number of alkyl halides is 6. The number of thioether (sulfide) groups is 1. The van der Waals surface area contributed by atoms with Gasteiger partial charge in [-0.15, -0.1) is 0 Å². The van der Waals surface area contributed by atoms with E-state index < -0.39 is 34.8 Å². The summed E-state index contributed by atoms with van der Waals surface area (Å²) in [6.07, 6.45) is -9.82. The predicted octanol–water partition coefficient (Wildman–Crippen LogP) is 5.03. The zero-order valence-electron chi connectivity index (χ0n) is 14.0. The van der Waals surface area contributed by atoms with Gasteiger partial charge in [-0.1, -0.05) is 25.6 Å². The summed E-state index contributed by atoms with van der Waals surface area (Å²) < 4.78 is 77.6. The number of amidine groups is 1. The van der Waals surface area contributed by atoms with E-state index in [2.05, 4.69) is 10.3 Å². The van der Waals surface area contributed by atoms with Crippen molar-refractivity contribution in [1.29, 1.82) is 0 Å². The van der Waals surface area contributed by atoms with Gasteiger partial charge in [0.15, 0.2) is 5.17 Å². The third-order valence-corrected chi connectivity index (χ3v) is 5.18. The Kier molecular flexibility index (Phi) is 5.65. The first-order valence-corrected chi connectivity index (χ1v) is 8.52. The molecule has 0 saturated heterocycles. The van der Waals surface area contributed by atoms with E-state index in [1.807, 2.05) is 13.8 Å². The number of hydrogen-bond donors (Lipinski definition) is 1. The molecular formula is C16H16F6N2OS. The molecule has 1 unspecified atom stereocenters. The molecule has 10 heteroatoms. The smallest absolute Gasteiger partial charge is 0.358 e. The largest absolute Gasteiger partial charge is 0.416 e. The van der Waals surface area contributed by atoms with Crippen LogP contribution in [0, 0.1) is 5.92 Å². The predicted molar refractivity (Wildman–Crippen MR) is 86.7 cm³/mol. The van der Waals surface area contributed by atoms with Gasteiger partial charge in [0, 0.05) is 0 Å². The first kappa shape index (κ1) is 20.6. The molecule has 144 valence electrons. The fourth-order valence-electron chi connectivity index (χ4n) is 2.35. The Bertz CT molecular complexity index is 694. The fourth-order valence-corrected chi connectivity index (χ4v) is 3.40. The minimum absolute atomic E-state index is 0.00348. The van der Waals surface area contributed by atoms with Crippen molar-refractivity contribution in [2.24, 2.45) is 10.9 Å². The van der Waals surface area contributed by atoms with Gasteiger partial charge in [0.1, 0.15) is 0 Å². The van der Waals surface area contributed by atoms with Crippen molar-refractivity contribution in [2.45, 2.75) is 44.4 Å². The highest BCUT2D eigenvalue weighted by Gasteiger charge is 2.38. The van der Waals surface area contributed by atoms with Crippen molar-refractivity contribution in [1.82, 2.24) is 5.32 Å². The molecule has 0 spiro atoms. The van der Waals surface area contributed by atoms with Gasteiger partial charge in [-0.2, -0.15) is 31.3 Å². The number of hydrogen-bond acceptors (Lipinski definition) is 3. The fraction of sp³-hybridized carbons (Fsp3) is 0.500. The van der Waals surface area contributed by atoms with Crippen molar-refractivity contribution in [3.8, 4) is 0 Å². The Morgan fingerprint density at radius 2 is 1.50 bits per heavy atom. The molecule has 1 amide bonds. The summed E-state index contributed by atoms with van der Waals surface area (Å²) in [4.78, 5) is 15.6. The number of carbonyl (C=O) groups excluding carboxylic acids is 1. The van der Waals surface area contributed by atoms with Crippen molar-refractivity contribution in [3.05, 3.63) is 34.9 Å². The van der Waals surface area contributed by atoms with Gasteiger partial charge >= 0.3 is 12.4 Å². The van der Waals surface area contributed by atoms with Crippen LogP contribution in [-0.4, -0.2) is 16.3 Å². The summed E-state index contributed by atoms with van der Waals surface area (Å²) in [7, 11) is 0. The molecule has 1 N–H and O–H groups in total. The summed E-state index contributed by atoms with van der Waals surface area (Å²) in [6, 6.07) is 0.503. The zero-order chi connectivity index (χ0) is 19.9. The van der Waals surface area contributed by atoms with Gasteiger partial charge < -0.3 is 5.32 Å². The Labute approximate surface area is 150 Å². The minimum atomic E-state index is -4.91. The highest BCUT2D eigenvalue weighted by Crippen LogP contribution is 2.37. The number of amides is 1. The lowest BCUT2D eigenvalue weighted by molar-refractivity contribution is -0.143. The molecule has 1 aromatic rings. The van der Waals surface area contributed by atoms with Crippen LogP contribution in [0.4, 0.5) is 26.3 Å². The van der Waals surface area contributed by atoms with Gasteiger partial charge in [0.25, 0.3) is 5.91 Å². The molecule has 0 radical (unpaired) electrons. The van der Waals surface area contributed by atoms with E-state index in [4.69, 9.17) is 0 Å². The van der Waals surface area contributed by atoms with Crippen LogP contribution in [0.5, 0.6) is 0 Å². The van der Waals surface area contributed by atoms with Crippen LogP contribution in [0.2, 0.25) is 0 Å². The average Bonchev–Trinajstić information content (AvgIpc) is 2.85. The second-order valence-electron chi connectivity index (χ2n) is 6.24. The minimum Gasteiger partial charge on any atom is -0.358 e. The molecule has 0 aliphatic carbocycles. The Morgan fingerprint density at radius 1 is 1.00 bits per heavy atom. The Balaban J connectivity index is 2.30. The molecule has 0 saturated carbocycles. The third-order valence-electron chi connectivity index (χ3n) is 3.75. The van der Waals surface area contributed by atoms with Crippen LogP contribution in [0.3, 0.4) is 0 Å². The summed E-state index contributed by atoms with van der Waals surface area (Å²) in [5.41, 5.74) is -2.96. The molecule has 1 aliphatic heterocycles. The maximum absolute atomic E-state index is 12.9. The summed E-state index contributed by atoms with van der Waals surface area (Å²) >= 11 is 1.11. The first-order valence-electron chi connectivity index (χ1n) is 7.64. The first-order chi connectivity index (χ1) is 11.8. The summed E-state index contributed by atoms with van der Waals surface area (Å²) in [5.74, 6) is -0.379. The zero-order valence-corrected chi connectivity index (χ0v) is 14.8. The van der Waals surface area contributed by atoms with Crippen LogP contribution in [0.1, 0.15) is 43.5 Å². The SMILES string of the molecule is CC(C)C1SC(N[C@@H](C)c2cc(C(F)(F)F)cc(C(F)(F)F)c2)=NC1=O. The molecule has 26 heavy (non-hydrogen) atoms. The summed E-state index contributed by atoms with van der Waals surface area (Å²) in [6.45, 7) is 5.05. The lowest BCUT2D eigenvalue weighted by Crippen LogP contribution is -2.25. The maximum Gasteiger partial charge on any atom is 0.416 e. The number of rotatable bonds is 3. The normalized spacial score (nSPS) is 19.7. The van der Waals surface area contributed by atoms with E-state index in [0.717, 1.165) is 11.8 Å². The monoisotopic (exact) mass is 398 g/mol. The van der Waals surface area contributed by atoms with E-state index in [1.165, 1.54) is 6.92 Å². The standard InChI is InChI=1S/C16H16F6N2OS/c1-7(2)12-13(25)24-14(26-12)23-8(3)9-4-10(15(17,18)19)6-11(5-9)16(20,21)22/h4-8,12H,1-3H3,(H,23,24,25)/t8-,12?/m0/s1. The van der Waals surface area contributed by atoms with E-state index in [9.17, 15) is 31.1 Å². The van der Waals surface area contributed by atoms with E-state index in [0.29, 0.717) is 12.1 Å². The van der Waals surface area contributed by atoms with Gasteiger partial charge in [-0.05, 0) is 36.6 Å². The molecule has 1 aliphatic rings. The second kappa shape index (κ2) is 7.13. The number of nitrogens with zero attached hydrogens (tertiary/aromatic N) is 1. The number of nitrogens with one attached hydrogen (secondary N) is 1. The molecule has 1 heterocycles. The van der Waals surface area contributed by atoms with Crippen LogP contribution in [0.15, 0.2) is 23.2 Å². The number of carbonyl (C=O) groups is 1. The third kappa shape index (κ3) is 4.72. The highest BCUT2D eigenvalue weighted by molar-refractivity contribution is 8.15. The van der Waals surface area contributed by atoms with Gasteiger partial charge in [-0.3, -0.25) is 4.79 Å². The van der Waals surface area contributed by atoms with Gasteiger partial charge in [0.05, 0.1) is 22.4 Å². The number of aliphatic imine (C=N–C) groups is 1. The van der Waals surface area contributed by atoms with Crippen molar-refractivity contribution in [2.75, 3.05) is 0 Å². The topological polar surface area (TPSA) is 41.5 Å². The Morgan fingerprint density at radius 3 is 1.88 bits per heavy atom. The van der Waals surface area contributed by atoms with Crippen molar-refractivity contribution >= 4 is 22.8 Å². The van der Waals surface area contributed by atoms with E-state index in [-0.39, 0.29) is 28.6 Å². The van der Waals surface area contributed by atoms with E-state index >= 15 is 0 Å². The van der Waals surface area contributed by atoms with Gasteiger partial charge in [-0.25, -0.2) is 0 Å². The summed E-state index contributed by atoms with van der Waals surface area (Å²) in [5, 5.41) is 2.49. The number of benzene rings is 1. The average molecular weight is 398 g/mol. The molecule has 0 fully saturated rings.